The van der Waals surface area contributed by atoms with Crippen molar-refractivity contribution in [1.29, 1.82) is 0 Å². The van der Waals surface area contributed by atoms with Gasteiger partial charge in [-0.05, 0) is 54.8 Å². The van der Waals surface area contributed by atoms with Gasteiger partial charge < -0.3 is 24.3 Å². The van der Waals surface area contributed by atoms with E-state index in [1.54, 1.807) is 32.4 Å². The molecule has 1 atom stereocenters. The number of H-pyrrole nitrogens is 1. The Labute approximate surface area is 191 Å². The van der Waals surface area contributed by atoms with Crippen molar-refractivity contribution in [3.63, 3.8) is 0 Å². The molecule has 0 aliphatic carbocycles. The summed E-state index contributed by atoms with van der Waals surface area (Å²) in [5.41, 5.74) is 1.93. The Kier molecular flexibility index (Phi) is 7.09. The summed E-state index contributed by atoms with van der Waals surface area (Å²) in [7, 11) is 3.13. The first-order chi connectivity index (χ1) is 16.1. The molecule has 1 aromatic heterocycles. The molecule has 2 aromatic carbocycles. The molecular formula is C24H26FN3O5. The summed E-state index contributed by atoms with van der Waals surface area (Å²) in [6.07, 6.45) is 1.96. The largest absolute Gasteiger partial charge is 0.497 e. The molecular weight excluding hydrogens is 429 g/mol. The minimum atomic E-state index is -0.421. The fourth-order valence-corrected chi connectivity index (χ4v) is 3.61. The van der Waals surface area contributed by atoms with Crippen LogP contribution in [0.5, 0.6) is 17.2 Å². The number of aromatic amines is 1. The lowest BCUT2D eigenvalue weighted by atomic mass is 10.1. The monoisotopic (exact) mass is 455 g/mol. The summed E-state index contributed by atoms with van der Waals surface area (Å²) in [5.74, 6) is 0.964. The van der Waals surface area contributed by atoms with Crippen LogP contribution < -0.4 is 19.5 Å². The predicted octanol–water partition coefficient (Wildman–Crippen LogP) is 3.72. The second-order valence-electron chi connectivity index (χ2n) is 7.66. The van der Waals surface area contributed by atoms with Crippen LogP contribution in [0.15, 0.2) is 42.5 Å². The molecule has 4 rings (SSSR count). The Morgan fingerprint density at radius 2 is 1.97 bits per heavy atom. The van der Waals surface area contributed by atoms with E-state index < -0.39 is 5.82 Å². The highest BCUT2D eigenvalue weighted by Gasteiger charge is 2.19. The lowest BCUT2D eigenvalue weighted by Crippen LogP contribution is -2.23. The van der Waals surface area contributed by atoms with Gasteiger partial charge in [-0.25, -0.2) is 4.39 Å². The normalized spacial score (nSPS) is 15.3. The minimum Gasteiger partial charge on any atom is -0.497 e. The van der Waals surface area contributed by atoms with Crippen molar-refractivity contribution in [2.24, 2.45) is 0 Å². The Morgan fingerprint density at radius 1 is 1.18 bits per heavy atom. The van der Waals surface area contributed by atoms with Gasteiger partial charge in [-0.1, -0.05) is 0 Å². The summed E-state index contributed by atoms with van der Waals surface area (Å²) in [4.78, 5) is 12.7. The van der Waals surface area contributed by atoms with Gasteiger partial charge in [0, 0.05) is 24.8 Å². The fourth-order valence-electron chi connectivity index (χ4n) is 3.61. The zero-order valence-corrected chi connectivity index (χ0v) is 18.5. The second-order valence-corrected chi connectivity index (χ2v) is 7.66. The average molecular weight is 455 g/mol. The van der Waals surface area contributed by atoms with Crippen LogP contribution in [-0.4, -0.2) is 49.6 Å². The molecule has 1 fully saturated rings. The van der Waals surface area contributed by atoms with Gasteiger partial charge in [0.1, 0.15) is 35.4 Å². The molecule has 174 valence electrons. The van der Waals surface area contributed by atoms with Crippen LogP contribution >= 0.6 is 0 Å². The van der Waals surface area contributed by atoms with Crippen molar-refractivity contribution in [3.8, 4) is 28.5 Å². The van der Waals surface area contributed by atoms with Crippen molar-refractivity contribution in [2.45, 2.75) is 25.5 Å². The maximum Gasteiger partial charge on any atom is 0.269 e. The lowest BCUT2D eigenvalue weighted by Gasteiger charge is -2.14. The first kappa shape index (κ1) is 22.6. The van der Waals surface area contributed by atoms with Gasteiger partial charge in [0.05, 0.1) is 26.0 Å². The molecule has 1 amide bonds. The highest BCUT2D eigenvalue weighted by Crippen LogP contribution is 2.31. The summed E-state index contributed by atoms with van der Waals surface area (Å²) in [5, 5.41) is 9.74. The summed E-state index contributed by atoms with van der Waals surface area (Å²) in [6, 6.07) is 11.2. The highest BCUT2D eigenvalue weighted by molar-refractivity contribution is 5.93. The number of hydrogen-bond acceptors (Lipinski definition) is 6. The van der Waals surface area contributed by atoms with Crippen LogP contribution in [0, 0.1) is 5.82 Å². The second kappa shape index (κ2) is 10.4. The molecule has 0 bridgehead atoms. The third-order valence-corrected chi connectivity index (χ3v) is 5.35. The number of carbonyl (C=O) groups is 1. The highest BCUT2D eigenvalue weighted by atomic mass is 19.1. The van der Waals surface area contributed by atoms with E-state index in [4.69, 9.17) is 18.9 Å². The quantitative estimate of drug-likeness (QED) is 0.511. The Bertz CT molecular complexity index is 1090. The minimum absolute atomic E-state index is 0.0265. The number of halogens is 1. The molecule has 0 saturated carbocycles. The first-order valence-corrected chi connectivity index (χ1v) is 10.7. The maximum atomic E-state index is 14.0. The Morgan fingerprint density at radius 3 is 2.67 bits per heavy atom. The molecule has 33 heavy (non-hydrogen) atoms. The van der Waals surface area contributed by atoms with Crippen LogP contribution in [0.2, 0.25) is 0 Å². The SMILES string of the molecule is COc1cc(CNC(=O)c2cc(-c3cc(F)ccc3OCC3CCCO3)n[nH]2)cc(OC)c1. The number of benzene rings is 2. The van der Waals surface area contributed by atoms with Gasteiger partial charge >= 0.3 is 0 Å². The van der Waals surface area contributed by atoms with Gasteiger partial charge in [-0.3, -0.25) is 9.89 Å². The van der Waals surface area contributed by atoms with E-state index in [1.165, 1.54) is 12.1 Å². The smallest absolute Gasteiger partial charge is 0.269 e. The Hall–Kier alpha value is -3.59. The number of amides is 1. The van der Waals surface area contributed by atoms with Crippen molar-refractivity contribution in [2.75, 3.05) is 27.4 Å². The molecule has 1 aliphatic heterocycles. The molecule has 1 unspecified atom stereocenters. The van der Waals surface area contributed by atoms with Crippen LogP contribution in [0.3, 0.4) is 0 Å². The molecule has 1 aliphatic rings. The van der Waals surface area contributed by atoms with E-state index >= 15 is 0 Å². The first-order valence-electron chi connectivity index (χ1n) is 10.7. The zero-order chi connectivity index (χ0) is 23.2. The molecule has 8 nitrogen and oxygen atoms in total. The maximum absolute atomic E-state index is 14.0. The number of methoxy groups -OCH3 is 2. The van der Waals surface area contributed by atoms with Crippen molar-refractivity contribution >= 4 is 5.91 Å². The van der Waals surface area contributed by atoms with Gasteiger partial charge in [0.2, 0.25) is 0 Å². The lowest BCUT2D eigenvalue weighted by molar-refractivity contribution is 0.0681. The standard InChI is InChI=1S/C24H26FN3O5/c1-30-18-8-15(9-19(11-18)31-2)13-26-24(29)22-12-21(27-28-22)20-10-16(25)5-6-23(20)33-14-17-4-3-7-32-17/h5-6,8-12,17H,3-4,7,13-14H2,1-2H3,(H,26,29)(H,27,28). The third-order valence-electron chi connectivity index (χ3n) is 5.35. The van der Waals surface area contributed by atoms with Crippen LogP contribution in [0.1, 0.15) is 28.9 Å². The number of carbonyl (C=O) groups excluding carboxylic acids is 1. The summed E-state index contributed by atoms with van der Waals surface area (Å²) in [6.45, 7) is 1.36. The number of nitrogens with one attached hydrogen (secondary N) is 2. The zero-order valence-electron chi connectivity index (χ0n) is 18.5. The van der Waals surface area contributed by atoms with Crippen LogP contribution in [-0.2, 0) is 11.3 Å². The van der Waals surface area contributed by atoms with E-state index in [0.29, 0.717) is 35.1 Å². The molecule has 1 saturated heterocycles. The number of hydrogen-bond donors (Lipinski definition) is 2. The van der Waals surface area contributed by atoms with Crippen molar-refractivity contribution < 1.29 is 28.1 Å². The molecule has 2 N–H and O–H groups in total. The van der Waals surface area contributed by atoms with E-state index in [2.05, 4.69) is 15.5 Å². The van der Waals surface area contributed by atoms with Gasteiger partial charge in [-0.2, -0.15) is 5.10 Å². The number of nitrogens with zero attached hydrogens (tertiary/aromatic N) is 1. The summed E-state index contributed by atoms with van der Waals surface area (Å²) >= 11 is 0. The molecule has 0 spiro atoms. The van der Waals surface area contributed by atoms with E-state index in [0.717, 1.165) is 25.0 Å². The number of rotatable bonds is 9. The Balaban J connectivity index is 1.45. The van der Waals surface area contributed by atoms with Crippen LogP contribution in [0.25, 0.3) is 11.3 Å². The molecule has 0 radical (unpaired) electrons. The number of aromatic nitrogens is 2. The topological polar surface area (TPSA) is 94.7 Å². The third kappa shape index (κ3) is 5.61. The fraction of sp³-hybridized carbons (Fsp3) is 0.333. The number of ether oxygens (including phenoxy) is 4. The predicted molar refractivity (Wildman–Crippen MR) is 119 cm³/mol. The average Bonchev–Trinajstić information content (AvgIpc) is 3.54. The van der Waals surface area contributed by atoms with Gasteiger partial charge in [0.25, 0.3) is 5.91 Å². The van der Waals surface area contributed by atoms with Gasteiger partial charge in [-0.15, -0.1) is 0 Å². The van der Waals surface area contributed by atoms with Gasteiger partial charge in [0.15, 0.2) is 0 Å². The van der Waals surface area contributed by atoms with Crippen molar-refractivity contribution in [1.82, 2.24) is 15.5 Å². The molecule has 9 heteroatoms. The van der Waals surface area contributed by atoms with Crippen molar-refractivity contribution in [3.05, 3.63) is 59.5 Å². The van der Waals surface area contributed by atoms with E-state index in [1.807, 2.05) is 12.1 Å². The van der Waals surface area contributed by atoms with E-state index in [-0.39, 0.29) is 24.2 Å². The molecule has 2 heterocycles. The van der Waals surface area contributed by atoms with Crippen LogP contribution in [0.4, 0.5) is 4.39 Å². The summed E-state index contributed by atoms with van der Waals surface area (Å²) < 4.78 is 35.9. The molecule has 3 aromatic rings. The van der Waals surface area contributed by atoms with E-state index in [9.17, 15) is 9.18 Å².